The van der Waals surface area contributed by atoms with Gasteiger partial charge in [-0.05, 0) is 140 Å². The molecule has 508 valence electrons. The molecule has 0 bridgehead atoms. The van der Waals surface area contributed by atoms with E-state index in [-0.39, 0.29) is 110 Å². The average molecular weight is 1410 g/mol. The lowest BCUT2D eigenvalue weighted by Gasteiger charge is -2.22. The topological polar surface area (TPSA) is 294 Å². The molecule has 0 spiro atoms. The van der Waals surface area contributed by atoms with Crippen LogP contribution in [0.15, 0.2) is 86.2 Å². The number of anilines is 3. The number of benzene rings is 3. The lowest BCUT2D eigenvalue weighted by Crippen LogP contribution is -2.40. The van der Waals surface area contributed by atoms with E-state index in [1.807, 2.05) is 6.26 Å². The van der Waals surface area contributed by atoms with Gasteiger partial charge in [0.25, 0.3) is 0 Å². The minimum absolute atomic E-state index is 0.000541. The molecule has 1 N–H and O–H groups in total. The molecule has 1 fully saturated rings. The monoisotopic (exact) mass is 1410 g/mol. The van der Waals surface area contributed by atoms with Crippen LogP contribution in [0.4, 0.5) is 35.8 Å². The fourth-order valence-electron chi connectivity index (χ4n) is 9.04. The molecule has 0 aliphatic carbocycles. The van der Waals surface area contributed by atoms with Crippen molar-refractivity contribution < 1.29 is 86.9 Å². The standard InChI is InChI=1S/C21H20ClFN2O6S.C18H22ClNO7S.C18H22ClNO5S.C5H12N2/c1-3-30-21(27)25(9-4-10-32(2,28)29)18-15-11-14(22)6-7-16(15)31-20(18)19(26)13-5-8-17(23)24-12-13;1-4-25-17(21)16-15(13-11-12(19)7-8-14(13)27-16)20(18(22)26-5-2)9-6-10-28(3,23)24;1-4-23-17(21)16-15(13-11-12(19)7-8-14(13)25-16)20(9-6-10-26-3)18(22)24-5-2;1-7-4-2-6-3-5-7/h5-8,11-12H,3-4,9-10H2,1-2H3;7-8,11H,4-6,9-10H2,1-3H3;7-8,11H,4-6,9-10H2,1-3H3;6H,2-5H2,1H3. The SMILES string of the molecule is CCOC(=O)N(CCCS(C)(=O)=O)c1c(C(=O)c2ccc(F)nc2)oc2ccc(Cl)cc12.CCOC(=O)c1oc2ccc(Cl)cc2c1N(CCCS(C)(=O)=O)C(=O)OCC.CCOC(=O)c1oc2ccc(Cl)cc2c1N(CCCSC)C(=O)OCC.CN1CCNCC1. The largest absolute Gasteiger partial charge is 0.460 e. The molecule has 3 aromatic carbocycles. The summed E-state index contributed by atoms with van der Waals surface area (Å²) in [6.07, 6.45) is 4.16. The van der Waals surface area contributed by atoms with Crippen LogP contribution in [0.1, 0.15) is 91.1 Å². The molecule has 1 saturated heterocycles. The van der Waals surface area contributed by atoms with Crippen LogP contribution in [-0.2, 0) is 43.4 Å². The molecule has 0 radical (unpaired) electrons. The van der Waals surface area contributed by atoms with Gasteiger partial charge < -0.3 is 47.2 Å². The first-order valence-electron chi connectivity index (χ1n) is 29.4. The van der Waals surface area contributed by atoms with Crippen molar-refractivity contribution >= 4 is 152 Å². The second-order valence-electron chi connectivity index (χ2n) is 20.3. The minimum Gasteiger partial charge on any atom is -0.460 e. The van der Waals surface area contributed by atoms with Crippen LogP contribution in [-0.4, -0.2) is 185 Å². The van der Waals surface area contributed by atoms with Gasteiger partial charge in [0.1, 0.15) is 53.5 Å². The summed E-state index contributed by atoms with van der Waals surface area (Å²) in [4.78, 5) is 85.5. The Morgan fingerprint density at radius 2 is 0.935 bits per heavy atom. The number of likely N-dealkylation sites (N-methyl/N-ethyl adjacent to an activating group) is 1. The fourth-order valence-corrected chi connectivity index (χ4v) is 11.3. The molecule has 31 heteroatoms. The lowest BCUT2D eigenvalue weighted by atomic mass is 10.1. The molecule has 93 heavy (non-hydrogen) atoms. The number of ketones is 1. The van der Waals surface area contributed by atoms with Crippen LogP contribution in [0.25, 0.3) is 32.9 Å². The molecule has 1 aliphatic heterocycles. The van der Waals surface area contributed by atoms with Gasteiger partial charge in [-0.25, -0.2) is 45.8 Å². The zero-order valence-corrected chi connectivity index (χ0v) is 57.7. The Labute approximate surface area is 558 Å². The number of hydrogen-bond donors (Lipinski definition) is 1. The third-order valence-corrected chi connectivity index (χ3v) is 16.6. The number of furan rings is 3. The second-order valence-corrected chi connectivity index (χ2v) is 27.1. The highest BCUT2D eigenvalue weighted by atomic mass is 35.5. The van der Waals surface area contributed by atoms with E-state index >= 15 is 0 Å². The molecule has 5 heterocycles. The van der Waals surface area contributed by atoms with Crippen LogP contribution >= 0.6 is 46.6 Å². The maximum absolute atomic E-state index is 13.2. The quantitative estimate of drug-likeness (QED) is 0.0193. The molecule has 3 amide bonds. The predicted octanol–water partition coefficient (Wildman–Crippen LogP) is 12.4. The second kappa shape index (κ2) is 37.1. The molecule has 4 aromatic heterocycles. The molecule has 0 atom stereocenters. The van der Waals surface area contributed by atoms with E-state index < -0.39 is 61.6 Å². The van der Waals surface area contributed by atoms with Crippen LogP contribution in [0.3, 0.4) is 0 Å². The number of halogens is 4. The van der Waals surface area contributed by atoms with Crippen molar-refractivity contribution in [2.45, 2.75) is 53.9 Å². The normalized spacial score (nSPS) is 12.3. The first kappa shape index (κ1) is 76.5. The van der Waals surface area contributed by atoms with Crippen LogP contribution < -0.4 is 20.0 Å². The van der Waals surface area contributed by atoms with Gasteiger partial charge in [-0.1, -0.05) is 34.8 Å². The molecule has 1 aliphatic rings. The molecule has 8 rings (SSSR count). The number of sulfone groups is 2. The van der Waals surface area contributed by atoms with Crippen molar-refractivity contribution in [1.29, 1.82) is 0 Å². The zero-order valence-electron chi connectivity index (χ0n) is 53.0. The van der Waals surface area contributed by atoms with Gasteiger partial charge in [0.05, 0.1) is 44.5 Å². The molecule has 0 saturated carbocycles. The van der Waals surface area contributed by atoms with Gasteiger partial charge in [-0.2, -0.15) is 16.2 Å². The number of esters is 2. The van der Waals surface area contributed by atoms with Crippen molar-refractivity contribution in [3.05, 3.63) is 117 Å². The molecule has 0 unspecified atom stereocenters. The van der Waals surface area contributed by atoms with E-state index in [1.54, 1.807) is 94.9 Å². The highest BCUT2D eigenvalue weighted by Gasteiger charge is 2.34. The third kappa shape index (κ3) is 22.8. The van der Waals surface area contributed by atoms with E-state index in [2.05, 4.69) is 22.2 Å². The summed E-state index contributed by atoms with van der Waals surface area (Å²) in [7, 11) is -4.36. The van der Waals surface area contributed by atoms with Crippen LogP contribution in [0.5, 0.6) is 0 Å². The zero-order chi connectivity index (χ0) is 68.6. The van der Waals surface area contributed by atoms with E-state index in [9.17, 15) is 50.0 Å². The summed E-state index contributed by atoms with van der Waals surface area (Å²) in [5, 5.41) is 5.81. The van der Waals surface area contributed by atoms with Crippen LogP contribution in [0, 0.1) is 5.95 Å². The van der Waals surface area contributed by atoms with Crippen molar-refractivity contribution in [2.24, 2.45) is 0 Å². The molecular formula is C62H76Cl3FN6O18S3. The van der Waals surface area contributed by atoms with E-state index in [0.717, 1.165) is 54.9 Å². The van der Waals surface area contributed by atoms with Gasteiger partial charge in [0, 0.05) is 101 Å². The number of thioether (sulfide) groups is 1. The minimum atomic E-state index is -3.28. The number of pyridine rings is 1. The maximum Gasteiger partial charge on any atom is 0.414 e. The number of ether oxygens (including phenoxy) is 5. The Morgan fingerprint density at radius 1 is 0.570 bits per heavy atom. The summed E-state index contributed by atoms with van der Waals surface area (Å²) >= 11 is 20.0. The molecular weight excluding hydrogens is 1340 g/mol. The highest BCUT2D eigenvalue weighted by Crippen LogP contribution is 2.40. The van der Waals surface area contributed by atoms with Gasteiger partial charge >= 0.3 is 30.2 Å². The molecule has 24 nitrogen and oxygen atoms in total. The number of nitrogens with one attached hydrogen (secondary N) is 1. The first-order chi connectivity index (χ1) is 44.2. The maximum atomic E-state index is 13.2. The summed E-state index contributed by atoms with van der Waals surface area (Å²) in [6, 6.07) is 16.6. The smallest absolute Gasteiger partial charge is 0.414 e. The Kier molecular flexibility index (Phi) is 30.5. The number of rotatable bonds is 24. The Morgan fingerprint density at radius 3 is 1.26 bits per heavy atom. The third-order valence-electron chi connectivity index (χ3n) is 13.1. The first-order valence-corrected chi connectivity index (χ1v) is 36.1. The van der Waals surface area contributed by atoms with Gasteiger partial charge in [-0.3, -0.25) is 19.5 Å². The number of carbonyl (C=O) groups excluding carboxylic acids is 6. The number of fused-ring (bicyclic) bond motifs is 3. The summed E-state index contributed by atoms with van der Waals surface area (Å²) in [6.45, 7) is 14.1. The highest BCUT2D eigenvalue weighted by molar-refractivity contribution is 7.98. The summed E-state index contributed by atoms with van der Waals surface area (Å²) < 4.78 is 102. The predicted molar refractivity (Wildman–Crippen MR) is 358 cm³/mol. The van der Waals surface area contributed by atoms with E-state index in [0.29, 0.717) is 54.6 Å². The van der Waals surface area contributed by atoms with Crippen molar-refractivity contribution in [2.75, 3.05) is 137 Å². The van der Waals surface area contributed by atoms with Gasteiger partial charge in [-0.15, -0.1) is 0 Å². The van der Waals surface area contributed by atoms with E-state index in [1.165, 1.54) is 35.0 Å². The lowest BCUT2D eigenvalue weighted by molar-refractivity contribution is 0.0484. The number of amides is 3. The Hall–Kier alpha value is -7.18. The average Bonchev–Trinajstić information content (AvgIpc) is 1.66. The van der Waals surface area contributed by atoms with Gasteiger partial charge in [0.2, 0.25) is 23.3 Å². The number of aromatic nitrogens is 1. The van der Waals surface area contributed by atoms with Gasteiger partial charge in [0.15, 0.2) is 5.76 Å². The van der Waals surface area contributed by atoms with Crippen molar-refractivity contribution in [1.82, 2.24) is 15.2 Å². The number of carbonyl (C=O) groups is 6. The number of nitrogens with zero attached hydrogens (tertiary/aromatic N) is 5. The Balaban J connectivity index is 0.000000241. The summed E-state index contributed by atoms with van der Waals surface area (Å²) in [5.74, 6) is -2.63. The van der Waals surface area contributed by atoms with Crippen molar-refractivity contribution in [3.8, 4) is 0 Å². The summed E-state index contributed by atoms with van der Waals surface area (Å²) in [5.41, 5.74) is 1.66. The molecule has 7 aromatic rings. The van der Waals surface area contributed by atoms with E-state index in [4.69, 9.17) is 71.7 Å². The van der Waals surface area contributed by atoms with Crippen molar-refractivity contribution in [3.63, 3.8) is 0 Å². The number of hydrogen-bond acceptors (Lipinski definition) is 22. The number of piperazine rings is 1. The van der Waals surface area contributed by atoms with Crippen LogP contribution in [0.2, 0.25) is 15.1 Å². The Bertz CT molecular complexity index is 3920. The fraction of sp³-hybridized carbons (Fsp3) is 0.435.